The van der Waals surface area contributed by atoms with Crippen LogP contribution >= 0.6 is 0 Å². The molecule has 1 aliphatic heterocycles. The Balaban J connectivity index is 1.58. The van der Waals surface area contributed by atoms with Gasteiger partial charge in [-0.25, -0.2) is 8.78 Å². The summed E-state index contributed by atoms with van der Waals surface area (Å²) in [5, 5.41) is 3.30. The first-order valence-electron chi connectivity index (χ1n) is 7.79. The molecule has 0 saturated carbocycles. The summed E-state index contributed by atoms with van der Waals surface area (Å²) < 4.78 is 32.5. The smallest absolute Gasteiger partial charge is 0.130 e. The van der Waals surface area contributed by atoms with Crippen molar-refractivity contribution >= 4 is 0 Å². The van der Waals surface area contributed by atoms with Crippen molar-refractivity contribution in [3.8, 4) is 5.75 Å². The number of piperazine rings is 1. The second-order valence-electron chi connectivity index (χ2n) is 5.69. The molecule has 3 rings (SSSR count). The van der Waals surface area contributed by atoms with Gasteiger partial charge in [-0.05, 0) is 35.9 Å². The van der Waals surface area contributed by atoms with Gasteiger partial charge in [-0.3, -0.25) is 4.90 Å². The van der Waals surface area contributed by atoms with E-state index in [0.717, 1.165) is 38.3 Å². The molecule has 5 heteroatoms. The lowest BCUT2D eigenvalue weighted by molar-refractivity contribution is 0.233. The molecule has 122 valence electrons. The van der Waals surface area contributed by atoms with Gasteiger partial charge in [-0.2, -0.15) is 0 Å². The molecule has 2 aromatic carbocycles. The van der Waals surface area contributed by atoms with E-state index < -0.39 is 0 Å². The highest BCUT2D eigenvalue weighted by atomic mass is 19.1. The summed E-state index contributed by atoms with van der Waals surface area (Å²) in [5.41, 5.74) is 1.47. The quantitative estimate of drug-likeness (QED) is 0.917. The van der Waals surface area contributed by atoms with Crippen molar-refractivity contribution in [3.63, 3.8) is 0 Å². The molecule has 0 spiro atoms. The van der Waals surface area contributed by atoms with Crippen molar-refractivity contribution in [3.05, 3.63) is 65.2 Å². The lowest BCUT2D eigenvalue weighted by atomic mass is 10.1. The van der Waals surface area contributed by atoms with E-state index in [9.17, 15) is 8.78 Å². The summed E-state index contributed by atoms with van der Waals surface area (Å²) in [5.74, 6) is -0.0590. The molecular weight excluding hydrogens is 298 g/mol. The van der Waals surface area contributed by atoms with E-state index in [0.29, 0.717) is 11.3 Å². The van der Waals surface area contributed by atoms with Gasteiger partial charge >= 0.3 is 0 Å². The Bertz CT molecular complexity index is 640. The van der Waals surface area contributed by atoms with E-state index in [-0.39, 0.29) is 18.2 Å². The van der Waals surface area contributed by atoms with Gasteiger partial charge in [-0.15, -0.1) is 0 Å². The maximum Gasteiger partial charge on any atom is 0.130 e. The summed E-state index contributed by atoms with van der Waals surface area (Å²) >= 11 is 0. The molecule has 0 bridgehead atoms. The standard InChI is InChI=1S/C18H20F2N2O/c19-16-3-5-17(6-4-16)23-13-15-2-1-14(11-18(15)20)12-22-9-7-21-8-10-22/h1-6,11,21H,7-10,12-13H2. The highest BCUT2D eigenvalue weighted by Gasteiger charge is 2.11. The Hall–Kier alpha value is -1.98. The molecule has 0 aromatic heterocycles. The summed E-state index contributed by atoms with van der Waals surface area (Å²) in [6, 6.07) is 11.0. The average molecular weight is 318 g/mol. The molecule has 1 aliphatic rings. The zero-order chi connectivity index (χ0) is 16.1. The highest BCUT2D eigenvalue weighted by molar-refractivity contribution is 5.26. The highest BCUT2D eigenvalue weighted by Crippen LogP contribution is 2.17. The zero-order valence-electron chi connectivity index (χ0n) is 12.9. The van der Waals surface area contributed by atoms with Gasteiger partial charge in [0, 0.05) is 38.3 Å². The Morgan fingerprint density at radius 1 is 1.00 bits per heavy atom. The first-order chi connectivity index (χ1) is 11.2. The molecule has 1 saturated heterocycles. The Labute approximate surface area is 134 Å². The Kier molecular flexibility index (Phi) is 5.20. The van der Waals surface area contributed by atoms with Crippen LogP contribution in [-0.4, -0.2) is 31.1 Å². The molecule has 0 radical (unpaired) electrons. The van der Waals surface area contributed by atoms with Gasteiger partial charge in [0.15, 0.2) is 0 Å². The van der Waals surface area contributed by atoms with Crippen LogP contribution in [0.2, 0.25) is 0 Å². The average Bonchev–Trinajstić information content (AvgIpc) is 2.57. The van der Waals surface area contributed by atoms with E-state index >= 15 is 0 Å². The van der Waals surface area contributed by atoms with E-state index in [2.05, 4.69) is 10.2 Å². The number of nitrogens with zero attached hydrogens (tertiary/aromatic N) is 1. The molecule has 0 aliphatic carbocycles. The molecule has 23 heavy (non-hydrogen) atoms. The van der Waals surface area contributed by atoms with Gasteiger partial charge in [0.2, 0.25) is 0 Å². The van der Waals surface area contributed by atoms with Crippen molar-refractivity contribution in [1.82, 2.24) is 10.2 Å². The minimum atomic E-state index is -0.319. The summed E-state index contributed by atoms with van der Waals surface area (Å²) in [4.78, 5) is 2.31. The second kappa shape index (κ2) is 7.53. The predicted molar refractivity (Wildman–Crippen MR) is 85.3 cm³/mol. The maximum absolute atomic E-state index is 14.2. The fourth-order valence-corrected chi connectivity index (χ4v) is 2.63. The normalized spacial score (nSPS) is 15.6. The lowest BCUT2D eigenvalue weighted by Gasteiger charge is -2.27. The number of hydrogen-bond acceptors (Lipinski definition) is 3. The van der Waals surface area contributed by atoms with E-state index in [1.807, 2.05) is 6.07 Å². The topological polar surface area (TPSA) is 24.5 Å². The van der Waals surface area contributed by atoms with E-state index in [1.165, 1.54) is 24.3 Å². The number of nitrogens with one attached hydrogen (secondary N) is 1. The molecule has 0 amide bonds. The second-order valence-corrected chi connectivity index (χ2v) is 5.69. The molecule has 0 atom stereocenters. The van der Waals surface area contributed by atoms with Crippen LogP contribution in [0.4, 0.5) is 8.78 Å². The Morgan fingerprint density at radius 2 is 1.74 bits per heavy atom. The van der Waals surface area contributed by atoms with Crippen LogP contribution in [0.3, 0.4) is 0 Å². The molecular formula is C18H20F2N2O. The van der Waals surface area contributed by atoms with Gasteiger partial charge in [0.25, 0.3) is 0 Å². The van der Waals surface area contributed by atoms with Crippen molar-refractivity contribution in [2.24, 2.45) is 0 Å². The van der Waals surface area contributed by atoms with Crippen LogP contribution in [0, 0.1) is 11.6 Å². The van der Waals surface area contributed by atoms with Crippen LogP contribution in [-0.2, 0) is 13.2 Å². The third kappa shape index (κ3) is 4.50. The minimum Gasteiger partial charge on any atom is -0.489 e. The number of hydrogen-bond donors (Lipinski definition) is 1. The fraction of sp³-hybridized carbons (Fsp3) is 0.333. The largest absolute Gasteiger partial charge is 0.489 e. The third-order valence-corrected chi connectivity index (χ3v) is 3.94. The van der Waals surface area contributed by atoms with Crippen molar-refractivity contribution in [2.45, 2.75) is 13.2 Å². The van der Waals surface area contributed by atoms with Crippen LogP contribution in [0.15, 0.2) is 42.5 Å². The minimum absolute atomic E-state index is 0.130. The number of ether oxygens (including phenoxy) is 1. The molecule has 3 nitrogen and oxygen atoms in total. The van der Waals surface area contributed by atoms with E-state index in [4.69, 9.17) is 4.74 Å². The summed E-state index contributed by atoms with van der Waals surface area (Å²) in [6.45, 7) is 4.81. The van der Waals surface area contributed by atoms with Crippen molar-refractivity contribution < 1.29 is 13.5 Å². The molecule has 1 N–H and O–H groups in total. The summed E-state index contributed by atoms with van der Waals surface area (Å²) in [6.07, 6.45) is 0. The van der Waals surface area contributed by atoms with Crippen LogP contribution in [0.25, 0.3) is 0 Å². The van der Waals surface area contributed by atoms with Crippen LogP contribution in [0.1, 0.15) is 11.1 Å². The fourth-order valence-electron chi connectivity index (χ4n) is 2.63. The zero-order valence-corrected chi connectivity index (χ0v) is 12.9. The summed E-state index contributed by atoms with van der Waals surface area (Å²) in [7, 11) is 0. The molecule has 1 fully saturated rings. The van der Waals surface area contributed by atoms with Gasteiger partial charge in [0.1, 0.15) is 24.0 Å². The number of rotatable bonds is 5. The van der Waals surface area contributed by atoms with Gasteiger partial charge in [0.05, 0.1) is 0 Å². The van der Waals surface area contributed by atoms with Crippen molar-refractivity contribution in [2.75, 3.05) is 26.2 Å². The van der Waals surface area contributed by atoms with Crippen molar-refractivity contribution in [1.29, 1.82) is 0 Å². The Morgan fingerprint density at radius 3 is 2.43 bits per heavy atom. The maximum atomic E-state index is 14.2. The monoisotopic (exact) mass is 318 g/mol. The predicted octanol–water partition coefficient (Wildman–Crippen LogP) is 2.95. The van der Waals surface area contributed by atoms with Crippen LogP contribution in [0.5, 0.6) is 5.75 Å². The first-order valence-corrected chi connectivity index (χ1v) is 7.79. The third-order valence-electron chi connectivity index (χ3n) is 3.94. The molecule has 0 unspecified atom stereocenters. The van der Waals surface area contributed by atoms with Crippen LogP contribution < -0.4 is 10.1 Å². The number of halogens is 2. The number of benzene rings is 2. The molecule has 2 aromatic rings. The lowest BCUT2D eigenvalue weighted by Crippen LogP contribution is -2.42. The molecule has 1 heterocycles. The van der Waals surface area contributed by atoms with Gasteiger partial charge in [-0.1, -0.05) is 12.1 Å². The van der Waals surface area contributed by atoms with E-state index in [1.54, 1.807) is 12.1 Å². The van der Waals surface area contributed by atoms with Gasteiger partial charge < -0.3 is 10.1 Å². The SMILES string of the molecule is Fc1ccc(OCc2ccc(CN3CCNCC3)cc2F)cc1. The first kappa shape index (κ1) is 15.9.